The molecule has 1 aromatic rings. The molecule has 1 aromatic heterocycles. The van der Waals surface area contributed by atoms with Crippen LogP contribution in [0.1, 0.15) is 18.2 Å². The molecular weight excluding hydrogens is 361 g/mol. The zero-order chi connectivity index (χ0) is 16.5. The molecule has 2 heterocycles. The van der Waals surface area contributed by atoms with Gasteiger partial charge in [0.15, 0.2) is 6.35 Å². The number of hydrogen-bond donors (Lipinski definition) is 1. The first-order valence-electron chi connectivity index (χ1n) is 6.24. The van der Waals surface area contributed by atoms with E-state index < -0.39 is 44.3 Å². The third kappa shape index (κ3) is 6.32. The Morgan fingerprint density at radius 2 is 2.21 bits per heavy atom. The minimum Gasteiger partial charge on any atom is -0.858 e. The quantitative estimate of drug-likeness (QED) is 0.311. The Balaban J connectivity index is 0.00000264. The molecule has 3 atom stereocenters. The van der Waals surface area contributed by atoms with E-state index >= 15 is 0 Å². The minimum atomic E-state index is -4.59. The first kappa shape index (κ1) is 24.5. The molecule has 12 heteroatoms. The van der Waals surface area contributed by atoms with Crippen molar-refractivity contribution in [3.63, 3.8) is 0 Å². The van der Waals surface area contributed by atoms with Crippen LogP contribution >= 0.6 is 7.94 Å². The molecule has 1 aliphatic heterocycles. The average molecular weight is 374 g/mol. The molecule has 0 unspecified atom stereocenters. The van der Waals surface area contributed by atoms with E-state index in [0.29, 0.717) is 0 Å². The van der Waals surface area contributed by atoms with Gasteiger partial charge in [-0.25, -0.2) is 9.78 Å². The molecule has 1 aliphatic rings. The molecule has 0 aromatic carbocycles. The molecule has 0 amide bonds. The molecule has 0 radical (unpaired) electrons. The third-order valence-electron chi connectivity index (χ3n) is 3.09. The number of aryl methyl sites for hydroxylation is 1. The second-order valence-corrected chi connectivity index (χ2v) is 6.34. The molecule has 120 valence electrons. The minimum absolute atomic E-state index is 0. The number of terminal acetylenes is 1. The summed E-state index contributed by atoms with van der Waals surface area (Å²) in [5.74, 6) is 1.65. The largest absolute Gasteiger partial charge is 1.00 e. The summed E-state index contributed by atoms with van der Waals surface area (Å²) in [4.78, 5) is 45.3. The number of nitrogens with zero attached hydrogens (tertiary/aromatic N) is 2. The summed E-state index contributed by atoms with van der Waals surface area (Å²) < 4.78 is 11.6. The van der Waals surface area contributed by atoms with Crippen molar-refractivity contribution >= 4 is 7.94 Å². The molecule has 24 heavy (non-hydrogen) atoms. The number of aromatic nitrogens is 2. The van der Waals surface area contributed by atoms with Crippen LogP contribution in [0.2, 0.25) is 0 Å². The van der Waals surface area contributed by atoms with Crippen molar-refractivity contribution in [2.24, 2.45) is 0 Å². The summed E-state index contributed by atoms with van der Waals surface area (Å²) in [5, 5.41) is 11.3. The van der Waals surface area contributed by atoms with Crippen LogP contribution in [-0.2, 0) is 9.47 Å². The van der Waals surface area contributed by atoms with Gasteiger partial charge in [-0.15, -0.1) is 6.42 Å². The van der Waals surface area contributed by atoms with Gasteiger partial charge in [0.25, 0.3) is 0 Å². The number of hydrogen-bond acceptors (Lipinski definition) is 8. The number of rotatable bonds is 4. The zero-order valence-corrected chi connectivity index (χ0v) is 18.4. The maximum Gasteiger partial charge on any atom is 1.00 e. The summed E-state index contributed by atoms with van der Waals surface area (Å²) >= 11 is 0. The van der Waals surface area contributed by atoms with E-state index in [9.17, 15) is 19.7 Å². The fraction of sp³-hybridized carbons (Fsp3) is 0.500. The van der Waals surface area contributed by atoms with Crippen molar-refractivity contribution in [2.75, 3.05) is 6.35 Å². The van der Waals surface area contributed by atoms with Crippen LogP contribution < -0.4 is 79.7 Å². The standard InChI is InChI=1S/C12H15N2O7P.2Na/c1-3-8-9(20-6-22(17,18)19)4-10(21-8)14-5-7(2)11(15)13-12(14)16;;/h1,5,8-10H,4,6H2,2H3,(H,13,15,16)(H2,17,18,19);;/q;2*+1/p-2/t8-,9+,10+;;/m0../s1. The smallest absolute Gasteiger partial charge is 0.858 e. The van der Waals surface area contributed by atoms with Crippen molar-refractivity contribution in [2.45, 2.75) is 31.8 Å². The fourth-order valence-corrected chi connectivity index (χ4v) is 2.44. The van der Waals surface area contributed by atoms with Crippen LogP contribution in [0.25, 0.3) is 0 Å². The predicted octanol–water partition coefficient (Wildman–Crippen LogP) is -8.63. The monoisotopic (exact) mass is 374 g/mol. The van der Waals surface area contributed by atoms with Crippen LogP contribution in [0.15, 0.2) is 11.0 Å². The van der Waals surface area contributed by atoms with Crippen molar-refractivity contribution in [3.05, 3.63) is 22.2 Å². The molecule has 0 saturated carbocycles. The average Bonchev–Trinajstić information content (AvgIpc) is 2.83. The third-order valence-corrected chi connectivity index (χ3v) is 3.57. The molecule has 1 saturated heterocycles. The summed E-state index contributed by atoms with van der Waals surface area (Å²) in [6.45, 7) is 1.49. The predicted molar refractivity (Wildman–Crippen MR) is 68.9 cm³/mol. The molecule has 0 bridgehead atoms. The molecule has 1 N–H and O–H groups in total. The van der Waals surface area contributed by atoms with Crippen LogP contribution in [0.4, 0.5) is 0 Å². The molecule has 0 spiro atoms. The van der Waals surface area contributed by atoms with Crippen LogP contribution in [0, 0.1) is 19.3 Å². The van der Waals surface area contributed by atoms with Crippen LogP contribution in [0.3, 0.4) is 0 Å². The summed E-state index contributed by atoms with van der Waals surface area (Å²) in [5.41, 5.74) is -0.544. The van der Waals surface area contributed by atoms with E-state index in [1.165, 1.54) is 13.1 Å². The van der Waals surface area contributed by atoms with Gasteiger partial charge in [0.2, 0.25) is 0 Å². The van der Waals surface area contributed by atoms with Gasteiger partial charge in [-0.05, 0) is 18.4 Å². The van der Waals surface area contributed by atoms with Gasteiger partial charge in [0, 0.05) is 12.6 Å². The molecular formula is C12H13N2Na2O7P. The Kier molecular flexibility index (Phi) is 10.2. The molecule has 1 fully saturated rings. The SMILES string of the molecule is C#C[C@@H]1O[C@@H](n2cc(C)c([O-])nc2=O)C[C@H]1OC[P+]([O-])([O-])O.[Na+].[Na+]. The van der Waals surface area contributed by atoms with Crippen molar-refractivity contribution in [1.82, 2.24) is 9.55 Å². The fourth-order valence-electron chi connectivity index (χ4n) is 2.06. The zero-order valence-electron chi connectivity index (χ0n) is 13.5. The van der Waals surface area contributed by atoms with Gasteiger partial charge in [0.05, 0.1) is 7.94 Å². The van der Waals surface area contributed by atoms with Crippen molar-refractivity contribution < 1.29 is 88.4 Å². The van der Waals surface area contributed by atoms with E-state index in [2.05, 4.69) is 10.9 Å². The van der Waals surface area contributed by atoms with E-state index in [-0.39, 0.29) is 71.1 Å². The van der Waals surface area contributed by atoms with E-state index in [1.807, 2.05) is 0 Å². The maximum absolute atomic E-state index is 11.7. The molecule has 0 aliphatic carbocycles. The van der Waals surface area contributed by atoms with Gasteiger partial charge in [0.1, 0.15) is 18.4 Å². The summed E-state index contributed by atoms with van der Waals surface area (Å²) in [6.07, 6.45) is 3.20. The van der Waals surface area contributed by atoms with Crippen LogP contribution in [-0.4, -0.2) is 33.0 Å². The second-order valence-electron chi connectivity index (χ2n) is 4.80. The van der Waals surface area contributed by atoms with E-state index in [4.69, 9.17) is 20.8 Å². The Hall–Kier alpha value is 0.470. The van der Waals surface area contributed by atoms with Gasteiger partial charge < -0.3 is 24.4 Å². The van der Waals surface area contributed by atoms with Crippen molar-refractivity contribution in [1.29, 1.82) is 0 Å². The normalized spacial score (nSPS) is 23.0. The maximum atomic E-state index is 11.7. The van der Waals surface area contributed by atoms with E-state index in [0.717, 1.165) is 4.57 Å². The van der Waals surface area contributed by atoms with Crippen molar-refractivity contribution in [3.8, 4) is 18.2 Å². The first-order chi connectivity index (χ1) is 10.2. The van der Waals surface area contributed by atoms with Gasteiger partial charge in [-0.1, -0.05) is 5.92 Å². The topological polar surface area (TPSA) is 143 Å². The number of ether oxygens (including phenoxy) is 2. The Morgan fingerprint density at radius 3 is 2.75 bits per heavy atom. The Bertz CT molecular complexity index is 658. The van der Waals surface area contributed by atoms with Crippen LogP contribution in [0.5, 0.6) is 5.88 Å². The molecule has 2 rings (SSSR count). The van der Waals surface area contributed by atoms with Gasteiger partial charge >= 0.3 is 64.8 Å². The Labute approximate surface area is 183 Å². The second kappa shape index (κ2) is 9.97. The summed E-state index contributed by atoms with van der Waals surface area (Å²) in [7, 11) is -4.59. The van der Waals surface area contributed by atoms with Gasteiger partial charge in [-0.2, -0.15) is 0 Å². The first-order valence-corrected chi connectivity index (χ1v) is 8.00. The summed E-state index contributed by atoms with van der Waals surface area (Å²) in [6, 6.07) is 0. The van der Waals surface area contributed by atoms with Gasteiger partial charge in [-0.3, -0.25) is 9.46 Å². The molecule has 9 nitrogen and oxygen atoms in total. The Morgan fingerprint density at radius 1 is 1.58 bits per heavy atom. The van der Waals surface area contributed by atoms with E-state index in [1.54, 1.807) is 0 Å².